The molecule has 0 aliphatic rings. The normalized spacial score (nSPS) is 12.3. The van der Waals surface area contributed by atoms with E-state index in [2.05, 4.69) is 4.98 Å². The summed E-state index contributed by atoms with van der Waals surface area (Å²) in [6.45, 7) is 5.64. The highest BCUT2D eigenvalue weighted by Crippen LogP contribution is 2.27. The van der Waals surface area contributed by atoms with Crippen LogP contribution in [0.5, 0.6) is 5.75 Å². The van der Waals surface area contributed by atoms with Crippen LogP contribution in [0, 0.1) is 26.6 Å². The van der Waals surface area contributed by atoms with Gasteiger partial charge in [-0.15, -0.1) is 0 Å². The average Bonchev–Trinajstić information content (AvgIpc) is 2.41. The van der Waals surface area contributed by atoms with Gasteiger partial charge in [0.25, 0.3) is 0 Å². The fraction of sp³-hybridized carbons (Fsp3) is 0.353. The van der Waals surface area contributed by atoms with Gasteiger partial charge < -0.3 is 9.84 Å². The molecule has 1 atom stereocenters. The first kappa shape index (κ1) is 15.4. The minimum absolute atomic E-state index is 0.325. The molecule has 1 unspecified atom stereocenters. The second-order valence-electron chi connectivity index (χ2n) is 5.33. The van der Waals surface area contributed by atoms with Crippen LogP contribution in [0.15, 0.2) is 24.4 Å². The van der Waals surface area contributed by atoms with Crippen molar-refractivity contribution in [1.82, 2.24) is 4.98 Å². The Morgan fingerprint density at radius 2 is 1.95 bits per heavy atom. The maximum atomic E-state index is 13.4. The van der Waals surface area contributed by atoms with Gasteiger partial charge in [0.05, 0.1) is 13.2 Å². The van der Waals surface area contributed by atoms with Crippen LogP contribution in [-0.2, 0) is 6.42 Å². The molecule has 2 rings (SSSR count). The molecule has 0 bridgehead atoms. The van der Waals surface area contributed by atoms with Gasteiger partial charge in [-0.05, 0) is 44.0 Å². The van der Waals surface area contributed by atoms with Gasteiger partial charge in [-0.2, -0.15) is 0 Å². The molecular formula is C17H20FNO2. The van der Waals surface area contributed by atoms with Crippen LogP contribution in [0.4, 0.5) is 4.39 Å². The Balaban J connectivity index is 2.29. The van der Waals surface area contributed by atoms with Crippen LogP contribution in [0.3, 0.4) is 0 Å². The van der Waals surface area contributed by atoms with Gasteiger partial charge in [-0.25, -0.2) is 4.39 Å². The van der Waals surface area contributed by atoms with E-state index in [0.717, 1.165) is 28.1 Å². The van der Waals surface area contributed by atoms with E-state index in [1.165, 1.54) is 12.1 Å². The van der Waals surface area contributed by atoms with Gasteiger partial charge >= 0.3 is 0 Å². The van der Waals surface area contributed by atoms with E-state index < -0.39 is 6.10 Å². The SMILES string of the molecule is COc1c(C)cnc(CC(O)c2cc(C)cc(F)c2)c1C. The standard InChI is InChI=1S/C17H20FNO2/c1-10-5-13(7-14(18)6-10)16(20)8-15-12(3)17(21-4)11(2)9-19-15/h5-7,9,16,20H,8H2,1-4H3. The molecule has 0 radical (unpaired) electrons. The van der Waals surface area contributed by atoms with E-state index in [0.29, 0.717) is 12.0 Å². The fourth-order valence-electron chi connectivity index (χ4n) is 2.53. The number of aryl methyl sites for hydroxylation is 2. The van der Waals surface area contributed by atoms with Gasteiger partial charge in [0.2, 0.25) is 0 Å². The molecule has 1 aromatic carbocycles. The molecule has 1 heterocycles. The topological polar surface area (TPSA) is 42.4 Å². The molecule has 0 spiro atoms. The van der Waals surface area contributed by atoms with E-state index >= 15 is 0 Å². The number of hydrogen-bond acceptors (Lipinski definition) is 3. The Morgan fingerprint density at radius 1 is 1.24 bits per heavy atom. The maximum Gasteiger partial charge on any atom is 0.128 e. The number of hydrogen-bond donors (Lipinski definition) is 1. The molecule has 0 amide bonds. The summed E-state index contributed by atoms with van der Waals surface area (Å²) in [5.41, 5.74) is 3.97. The number of halogens is 1. The molecule has 0 aliphatic heterocycles. The molecule has 0 saturated carbocycles. The third-order valence-electron chi connectivity index (χ3n) is 3.59. The van der Waals surface area contributed by atoms with Crippen LogP contribution in [0.25, 0.3) is 0 Å². The number of methoxy groups -OCH3 is 1. The summed E-state index contributed by atoms with van der Waals surface area (Å²) in [5.74, 6) is 0.442. The zero-order valence-corrected chi connectivity index (χ0v) is 12.8. The molecule has 1 N–H and O–H groups in total. The number of ether oxygens (including phenoxy) is 1. The van der Waals surface area contributed by atoms with Crippen molar-refractivity contribution >= 4 is 0 Å². The molecule has 112 valence electrons. The Morgan fingerprint density at radius 3 is 2.57 bits per heavy atom. The summed E-state index contributed by atoms with van der Waals surface area (Å²) in [7, 11) is 1.62. The van der Waals surface area contributed by atoms with E-state index in [4.69, 9.17) is 4.74 Å². The fourth-order valence-corrected chi connectivity index (χ4v) is 2.53. The zero-order valence-electron chi connectivity index (χ0n) is 12.8. The second-order valence-corrected chi connectivity index (χ2v) is 5.33. The lowest BCUT2D eigenvalue weighted by molar-refractivity contribution is 0.176. The molecule has 0 saturated heterocycles. The van der Waals surface area contributed by atoms with Crippen molar-refractivity contribution in [2.24, 2.45) is 0 Å². The predicted octanol–water partition coefficient (Wildman–Crippen LogP) is 3.43. The Bertz CT molecular complexity index is 635. The lowest BCUT2D eigenvalue weighted by atomic mass is 9.99. The number of aromatic nitrogens is 1. The van der Waals surface area contributed by atoms with Crippen molar-refractivity contribution in [3.05, 3.63) is 58.2 Å². The lowest BCUT2D eigenvalue weighted by Gasteiger charge is -2.16. The Kier molecular flexibility index (Phi) is 4.58. The van der Waals surface area contributed by atoms with Gasteiger partial charge in [0.15, 0.2) is 0 Å². The summed E-state index contributed by atoms with van der Waals surface area (Å²) in [6.07, 6.45) is 1.26. The van der Waals surface area contributed by atoms with Crippen LogP contribution in [0.1, 0.15) is 34.1 Å². The number of aliphatic hydroxyl groups is 1. The number of rotatable bonds is 4. The van der Waals surface area contributed by atoms with Gasteiger partial charge in [0.1, 0.15) is 11.6 Å². The van der Waals surface area contributed by atoms with Crippen LogP contribution >= 0.6 is 0 Å². The minimum atomic E-state index is -0.794. The molecule has 4 heteroatoms. The molecule has 1 aromatic heterocycles. The largest absolute Gasteiger partial charge is 0.496 e. The van der Waals surface area contributed by atoms with Crippen molar-refractivity contribution in [2.45, 2.75) is 33.3 Å². The number of benzene rings is 1. The summed E-state index contributed by atoms with van der Waals surface area (Å²) in [6, 6.07) is 4.58. The Hall–Kier alpha value is -1.94. The Labute approximate surface area is 124 Å². The summed E-state index contributed by atoms with van der Waals surface area (Å²) in [5, 5.41) is 10.3. The van der Waals surface area contributed by atoms with Crippen LogP contribution in [-0.4, -0.2) is 17.2 Å². The van der Waals surface area contributed by atoms with Crippen molar-refractivity contribution in [3.63, 3.8) is 0 Å². The maximum absolute atomic E-state index is 13.4. The molecule has 0 fully saturated rings. The molecule has 3 nitrogen and oxygen atoms in total. The second kappa shape index (κ2) is 6.22. The van der Waals surface area contributed by atoms with E-state index in [1.807, 2.05) is 13.8 Å². The van der Waals surface area contributed by atoms with Crippen molar-refractivity contribution in [1.29, 1.82) is 0 Å². The van der Waals surface area contributed by atoms with E-state index in [1.54, 1.807) is 26.3 Å². The predicted molar refractivity (Wildman–Crippen MR) is 80.1 cm³/mol. The average molecular weight is 289 g/mol. The third kappa shape index (κ3) is 3.39. The number of aliphatic hydroxyl groups excluding tert-OH is 1. The highest BCUT2D eigenvalue weighted by molar-refractivity contribution is 5.41. The quantitative estimate of drug-likeness (QED) is 0.937. The van der Waals surface area contributed by atoms with Crippen LogP contribution < -0.4 is 4.74 Å². The van der Waals surface area contributed by atoms with E-state index in [-0.39, 0.29) is 5.82 Å². The molecule has 21 heavy (non-hydrogen) atoms. The number of nitrogens with zero attached hydrogens (tertiary/aromatic N) is 1. The van der Waals surface area contributed by atoms with Crippen molar-refractivity contribution < 1.29 is 14.2 Å². The third-order valence-corrected chi connectivity index (χ3v) is 3.59. The number of pyridine rings is 1. The van der Waals surface area contributed by atoms with Gasteiger partial charge in [0, 0.05) is 29.4 Å². The van der Waals surface area contributed by atoms with Crippen molar-refractivity contribution in [2.75, 3.05) is 7.11 Å². The van der Waals surface area contributed by atoms with Gasteiger partial charge in [-0.3, -0.25) is 4.98 Å². The molecule has 2 aromatic rings. The summed E-state index contributed by atoms with van der Waals surface area (Å²) in [4.78, 5) is 4.36. The smallest absolute Gasteiger partial charge is 0.128 e. The monoisotopic (exact) mass is 289 g/mol. The molecular weight excluding hydrogens is 269 g/mol. The highest BCUT2D eigenvalue weighted by atomic mass is 19.1. The first-order chi connectivity index (χ1) is 9.92. The minimum Gasteiger partial charge on any atom is -0.496 e. The summed E-state index contributed by atoms with van der Waals surface area (Å²) < 4.78 is 18.8. The van der Waals surface area contributed by atoms with Crippen molar-refractivity contribution in [3.8, 4) is 5.75 Å². The highest BCUT2D eigenvalue weighted by Gasteiger charge is 2.15. The lowest BCUT2D eigenvalue weighted by Crippen LogP contribution is -2.07. The first-order valence-electron chi connectivity index (χ1n) is 6.86. The van der Waals surface area contributed by atoms with Crippen LogP contribution in [0.2, 0.25) is 0 Å². The molecule has 0 aliphatic carbocycles. The summed E-state index contributed by atoms with van der Waals surface area (Å²) >= 11 is 0. The van der Waals surface area contributed by atoms with Gasteiger partial charge in [-0.1, -0.05) is 6.07 Å². The zero-order chi connectivity index (χ0) is 15.6. The van der Waals surface area contributed by atoms with E-state index in [9.17, 15) is 9.50 Å². The first-order valence-corrected chi connectivity index (χ1v) is 6.86.